The highest BCUT2D eigenvalue weighted by Crippen LogP contribution is 2.50. The highest BCUT2D eigenvalue weighted by atomic mass is 35.5. The Morgan fingerprint density at radius 3 is 2.24 bits per heavy atom. The molecule has 1 saturated heterocycles. The molecule has 0 unspecified atom stereocenters. The van der Waals surface area contributed by atoms with Crippen molar-refractivity contribution in [2.24, 2.45) is 5.92 Å². The Labute approximate surface area is 248 Å². The van der Waals surface area contributed by atoms with Crippen molar-refractivity contribution >= 4 is 45.1 Å². The van der Waals surface area contributed by atoms with Gasteiger partial charge in [0, 0.05) is 17.1 Å². The van der Waals surface area contributed by atoms with Crippen LogP contribution in [0.1, 0.15) is 53.1 Å². The zero-order chi connectivity index (χ0) is 31.0. The van der Waals surface area contributed by atoms with Crippen LogP contribution in [0.5, 0.6) is 11.5 Å². The first-order valence-corrected chi connectivity index (χ1v) is 15.3. The third-order valence-electron chi connectivity index (χ3n) is 6.82. The lowest BCUT2D eigenvalue weighted by molar-refractivity contribution is -0.190. The fraction of sp³-hybridized carbons (Fsp3) is 0.462. The molecule has 0 radical (unpaired) electrons. The van der Waals surface area contributed by atoms with Crippen LogP contribution in [0.15, 0.2) is 18.2 Å². The molecule has 230 valence electrons. The standard InChI is InChI=1S/C26H25Cl2F5N2O6S/c1-42(38,39)34-24(36)17-9-16(14-2-3-14)22(23(21(17)30)41-25(37)26(31,32)33)40-12-13-4-6-35(7-5-13)11-15-8-20(29)19(28)10-18(15)27/h8-10,13-14H,2-7,11-12H2,1H3,(H,34,36). The number of amides is 1. The van der Waals surface area contributed by atoms with Crippen molar-refractivity contribution in [2.75, 3.05) is 26.0 Å². The number of hydrogen-bond acceptors (Lipinski definition) is 7. The van der Waals surface area contributed by atoms with Crippen LogP contribution in [0.4, 0.5) is 22.0 Å². The number of carbonyl (C=O) groups excluding carboxylic acids is 2. The molecule has 1 N–H and O–H groups in total. The molecule has 4 rings (SSSR count). The van der Waals surface area contributed by atoms with Crippen LogP contribution in [0.25, 0.3) is 0 Å². The molecule has 2 fully saturated rings. The predicted molar refractivity (Wildman–Crippen MR) is 142 cm³/mol. The Morgan fingerprint density at radius 1 is 1.02 bits per heavy atom. The summed E-state index contributed by atoms with van der Waals surface area (Å²) in [4.78, 5) is 26.2. The first kappa shape index (κ1) is 32.2. The van der Waals surface area contributed by atoms with Gasteiger partial charge in [0.05, 0.1) is 23.4 Å². The van der Waals surface area contributed by atoms with E-state index in [0.29, 0.717) is 62.2 Å². The zero-order valence-corrected chi connectivity index (χ0v) is 24.3. The molecule has 1 aliphatic carbocycles. The molecule has 1 heterocycles. The lowest BCUT2D eigenvalue weighted by Crippen LogP contribution is -2.35. The quantitative estimate of drug-likeness (QED) is 0.162. The van der Waals surface area contributed by atoms with Crippen molar-refractivity contribution in [2.45, 2.75) is 44.3 Å². The fourth-order valence-electron chi connectivity index (χ4n) is 4.55. The van der Waals surface area contributed by atoms with E-state index in [1.807, 2.05) is 4.90 Å². The molecular weight excluding hydrogens is 634 g/mol. The molecule has 2 aliphatic rings. The van der Waals surface area contributed by atoms with E-state index in [1.54, 1.807) is 4.72 Å². The minimum atomic E-state index is -5.49. The number of halogens is 7. The molecule has 16 heteroatoms. The van der Waals surface area contributed by atoms with Crippen LogP contribution in [0, 0.1) is 17.6 Å². The number of sulfonamides is 1. The lowest BCUT2D eigenvalue weighted by Gasteiger charge is -2.32. The fourth-order valence-corrected chi connectivity index (χ4v) is 5.44. The van der Waals surface area contributed by atoms with Gasteiger partial charge in [-0.3, -0.25) is 9.69 Å². The number of ether oxygens (including phenoxy) is 2. The number of nitrogens with zero attached hydrogens (tertiary/aromatic N) is 1. The largest absolute Gasteiger partial charge is 0.491 e. The Kier molecular flexibility index (Phi) is 9.60. The first-order valence-electron chi connectivity index (χ1n) is 12.7. The van der Waals surface area contributed by atoms with E-state index in [4.69, 9.17) is 27.9 Å². The van der Waals surface area contributed by atoms with Gasteiger partial charge in [0.25, 0.3) is 5.91 Å². The molecule has 8 nitrogen and oxygen atoms in total. The first-order chi connectivity index (χ1) is 19.5. The van der Waals surface area contributed by atoms with E-state index < -0.39 is 56.8 Å². The van der Waals surface area contributed by atoms with Gasteiger partial charge >= 0.3 is 12.1 Å². The maximum atomic E-state index is 15.4. The van der Waals surface area contributed by atoms with Crippen molar-refractivity contribution < 1.29 is 49.4 Å². The Hall–Kier alpha value is -2.68. The summed E-state index contributed by atoms with van der Waals surface area (Å²) in [6.07, 6.45) is -2.66. The van der Waals surface area contributed by atoms with Crippen LogP contribution >= 0.6 is 23.2 Å². The van der Waals surface area contributed by atoms with Crippen LogP contribution in [0.2, 0.25) is 10.0 Å². The molecule has 1 amide bonds. The van der Waals surface area contributed by atoms with Crippen molar-refractivity contribution in [3.8, 4) is 11.5 Å². The summed E-state index contributed by atoms with van der Waals surface area (Å²) in [6, 6.07) is 3.59. The summed E-state index contributed by atoms with van der Waals surface area (Å²) in [5.74, 6) is -8.60. The summed E-state index contributed by atoms with van der Waals surface area (Å²) in [7, 11) is -4.15. The van der Waals surface area contributed by atoms with E-state index in [0.717, 1.165) is 6.07 Å². The average Bonchev–Trinajstić information content (AvgIpc) is 3.72. The molecule has 1 saturated carbocycles. The third kappa shape index (κ3) is 8.03. The minimum Gasteiger partial charge on any atom is -0.489 e. The summed E-state index contributed by atoms with van der Waals surface area (Å²) in [6.45, 7) is 1.36. The van der Waals surface area contributed by atoms with Gasteiger partial charge < -0.3 is 9.47 Å². The molecule has 0 aromatic heterocycles. The molecule has 0 spiro atoms. The van der Waals surface area contributed by atoms with E-state index in [-0.39, 0.29) is 29.0 Å². The van der Waals surface area contributed by atoms with Gasteiger partial charge in [0.1, 0.15) is 5.82 Å². The lowest BCUT2D eigenvalue weighted by atomic mass is 9.97. The Bertz CT molecular complexity index is 1490. The summed E-state index contributed by atoms with van der Waals surface area (Å²) >= 11 is 11.9. The third-order valence-corrected chi connectivity index (χ3v) is 8.02. The number of piperidine rings is 1. The highest BCUT2D eigenvalue weighted by Gasteiger charge is 2.44. The van der Waals surface area contributed by atoms with Gasteiger partial charge in [-0.1, -0.05) is 23.2 Å². The van der Waals surface area contributed by atoms with E-state index >= 15 is 4.39 Å². The number of benzene rings is 2. The van der Waals surface area contributed by atoms with Gasteiger partial charge in [0.15, 0.2) is 11.6 Å². The molecule has 2 aromatic rings. The highest BCUT2D eigenvalue weighted by molar-refractivity contribution is 7.89. The maximum Gasteiger partial charge on any atom is 0.491 e. The number of hydrogen-bond donors (Lipinski definition) is 1. The van der Waals surface area contributed by atoms with Gasteiger partial charge in [-0.15, -0.1) is 0 Å². The van der Waals surface area contributed by atoms with Crippen LogP contribution in [-0.4, -0.2) is 57.3 Å². The Balaban J connectivity index is 1.54. The van der Waals surface area contributed by atoms with Gasteiger partial charge in [0.2, 0.25) is 15.8 Å². The molecular formula is C26H25Cl2F5N2O6S. The van der Waals surface area contributed by atoms with Crippen LogP contribution in [0.3, 0.4) is 0 Å². The number of carbonyl (C=O) groups is 2. The summed E-state index contributed by atoms with van der Waals surface area (Å²) < 4.78 is 103. The molecule has 2 aromatic carbocycles. The number of nitrogens with one attached hydrogen (secondary N) is 1. The van der Waals surface area contributed by atoms with Gasteiger partial charge in [-0.25, -0.2) is 26.7 Å². The number of rotatable bonds is 9. The number of esters is 1. The SMILES string of the molecule is CS(=O)(=O)NC(=O)c1cc(C2CC2)c(OCC2CCN(Cc3cc(F)c(Cl)cc3Cl)CC2)c(OC(=O)C(F)(F)F)c1F. The predicted octanol–water partition coefficient (Wildman–Crippen LogP) is 5.60. The minimum absolute atomic E-state index is 0.0746. The van der Waals surface area contributed by atoms with Crippen molar-refractivity contribution in [1.82, 2.24) is 9.62 Å². The molecule has 0 bridgehead atoms. The average molecular weight is 659 g/mol. The second-order valence-electron chi connectivity index (χ2n) is 10.2. The number of alkyl halides is 3. The van der Waals surface area contributed by atoms with Crippen LogP contribution in [-0.2, 0) is 21.4 Å². The van der Waals surface area contributed by atoms with Crippen molar-refractivity contribution in [3.63, 3.8) is 0 Å². The number of likely N-dealkylation sites (tertiary alicyclic amines) is 1. The normalized spacial score (nSPS) is 16.8. The smallest absolute Gasteiger partial charge is 0.489 e. The summed E-state index contributed by atoms with van der Waals surface area (Å²) in [5, 5.41) is 0.224. The topological polar surface area (TPSA) is 102 Å². The van der Waals surface area contributed by atoms with Crippen molar-refractivity contribution in [1.29, 1.82) is 0 Å². The van der Waals surface area contributed by atoms with Crippen molar-refractivity contribution in [3.05, 3.63) is 56.6 Å². The molecule has 0 atom stereocenters. The van der Waals surface area contributed by atoms with Gasteiger partial charge in [-0.2, -0.15) is 13.2 Å². The van der Waals surface area contributed by atoms with E-state index in [1.165, 1.54) is 12.1 Å². The van der Waals surface area contributed by atoms with Gasteiger partial charge in [-0.05, 0) is 74.4 Å². The van der Waals surface area contributed by atoms with E-state index in [9.17, 15) is 35.6 Å². The van der Waals surface area contributed by atoms with Crippen LogP contribution < -0.4 is 14.2 Å². The molecule has 42 heavy (non-hydrogen) atoms. The van der Waals surface area contributed by atoms with E-state index in [2.05, 4.69) is 4.74 Å². The maximum absolute atomic E-state index is 15.4. The second-order valence-corrected chi connectivity index (χ2v) is 12.8. The Morgan fingerprint density at radius 2 is 1.67 bits per heavy atom. The second kappa shape index (κ2) is 12.5. The summed E-state index contributed by atoms with van der Waals surface area (Å²) in [5.41, 5.74) is -0.240. The molecule has 1 aliphatic heterocycles. The zero-order valence-electron chi connectivity index (χ0n) is 22.0. The monoisotopic (exact) mass is 658 g/mol.